The lowest BCUT2D eigenvalue weighted by Crippen LogP contribution is -2.22. The number of nitrogens with zero attached hydrogens (tertiary/aromatic N) is 1. The highest BCUT2D eigenvalue weighted by atomic mass is 16.5. The molecule has 0 fully saturated rings. The van der Waals surface area contributed by atoms with Crippen molar-refractivity contribution in [3.63, 3.8) is 0 Å². The molecule has 1 aliphatic carbocycles. The molecule has 0 saturated heterocycles. The fraction of sp³-hybridized carbons (Fsp3) is 0.0417. The Morgan fingerprint density at radius 1 is 0.893 bits per heavy atom. The zero-order valence-electron chi connectivity index (χ0n) is 15.4. The number of benzene rings is 4. The van der Waals surface area contributed by atoms with Gasteiger partial charge in [0.25, 0.3) is 0 Å². The topological polar surface area (TPSA) is 59.6 Å². The van der Waals surface area contributed by atoms with E-state index in [0.717, 1.165) is 33.3 Å². The maximum Gasteiger partial charge on any atom is 0.198 e. The third kappa shape index (κ3) is 2.67. The molecule has 0 aromatic heterocycles. The Morgan fingerprint density at radius 3 is 2.54 bits per heavy atom. The molecule has 0 radical (unpaired) electrons. The molecule has 0 spiro atoms. The smallest absolute Gasteiger partial charge is 0.198 e. The minimum Gasteiger partial charge on any atom is -0.496 e. The molecular weight excluding hydrogens is 346 g/mol. The van der Waals surface area contributed by atoms with Gasteiger partial charge in [0.05, 0.1) is 12.8 Å². The largest absolute Gasteiger partial charge is 0.496 e. The third-order valence-corrected chi connectivity index (χ3v) is 5.08. The molecule has 0 amide bonds. The SMILES string of the molecule is COc1cc(NC(N)=Nc2ccc3c4c(cccc24)C=C3)cc2ccccc12. The van der Waals surface area contributed by atoms with Crippen molar-refractivity contribution in [2.45, 2.75) is 0 Å². The summed E-state index contributed by atoms with van der Waals surface area (Å²) in [6.07, 6.45) is 4.27. The summed E-state index contributed by atoms with van der Waals surface area (Å²) in [6, 6.07) is 22.4. The third-order valence-electron chi connectivity index (χ3n) is 5.08. The summed E-state index contributed by atoms with van der Waals surface area (Å²) in [5.41, 5.74) is 10.4. The van der Waals surface area contributed by atoms with Crippen LogP contribution in [-0.4, -0.2) is 13.1 Å². The summed E-state index contributed by atoms with van der Waals surface area (Å²) < 4.78 is 5.53. The first-order valence-corrected chi connectivity index (χ1v) is 9.15. The number of nitrogens with two attached hydrogens (primary N) is 1. The Kier molecular flexibility index (Phi) is 3.76. The quantitative estimate of drug-likeness (QED) is 0.326. The van der Waals surface area contributed by atoms with Crippen LogP contribution in [0.2, 0.25) is 0 Å². The number of hydrogen-bond donors (Lipinski definition) is 2. The number of rotatable bonds is 3. The van der Waals surface area contributed by atoms with Crippen LogP contribution in [-0.2, 0) is 0 Å². The van der Waals surface area contributed by atoms with Crippen molar-refractivity contribution in [1.29, 1.82) is 0 Å². The minimum atomic E-state index is 0.337. The number of guanidine groups is 1. The molecule has 5 rings (SSSR count). The Balaban J connectivity index is 1.53. The molecule has 0 heterocycles. The number of nitrogens with one attached hydrogen (secondary N) is 1. The second kappa shape index (κ2) is 6.43. The summed E-state index contributed by atoms with van der Waals surface area (Å²) in [6.45, 7) is 0. The highest BCUT2D eigenvalue weighted by molar-refractivity contribution is 6.10. The fourth-order valence-electron chi connectivity index (χ4n) is 3.82. The maximum atomic E-state index is 6.24. The van der Waals surface area contributed by atoms with Crippen LogP contribution in [0.3, 0.4) is 0 Å². The van der Waals surface area contributed by atoms with Crippen molar-refractivity contribution in [3.05, 3.63) is 77.9 Å². The Labute approximate surface area is 163 Å². The lowest BCUT2D eigenvalue weighted by Gasteiger charge is -2.11. The van der Waals surface area contributed by atoms with Gasteiger partial charge in [0, 0.05) is 22.5 Å². The number of ether oxygens (including phenoxy) is 1. The number of fused-ring (bicyclic) bond motifs is 1. The van der Waals surface area contributed by atoms with Crippen molar-refractivity contribution in [2.24, 2.45) is 10.7 Å². The lowest BCUT2D eigenvalue weighted by atomic mass is 10.0. The lowest BCUT2D eigenvalue weighted by molar-refractivity contribution is 0.420. The monoisotopic (exact) mass is 365 g/mol. The van der Waals surface area contributed by atoms with Gasteiger partial charge in [-0.15, -0.1) is 0 Å². The minimum absolute atomic E-state index is 0.337. The van der Waals surface area contributed by atoms with Gasteiger partial charge in [-0.3, -0.25) is 0 Å². The van der Waals surface area contributed by atoms with E-state index in [1.165, 1.54) is 16.5 Å². The molecular formula is C24H19N3O. The Morgan fingerprint density at radius 2 is 1.68 bits per heavy atom. The van der Waals surface area contributed by atoms with E-state index in [-0.39, 0.29) is 0 Å². The van der Waals surface area contributed by atoms with Crippen LogP contribution in [0.1, 0.15) is 11.1 Å². The second-order valence-electron chi connectivity index (χ2n) is 6.80. The summed E-state index contributed by atoms with van der Waals surface area (Å²) in [7, 11) is 1.67. The Bertz CT molecular complexity index is 1280. The summed E-state index contributed by atoms with van der Waals surface area (Å²) in [5, 5.41) is 7.66. The first-order valence-electron chi connectivity index (χ1n) is 9.15. The van der Waals surface area contributed by atoms with Crippen LogP contribution in [0.15, 0.2) is 71.7 Å². The number of anilines is 1. The molecule has 4 aromatic carbocycles. The van der Waals surface area contributed by atoms with Gasteiger partial charge >= 0.3 is 0 Å². The van der Waals surface area contributed by atoms with E-state index < -0.39 is 0 Å². The van der Waals surface area contributed by atoms with E-state index in [0.29, 0.717) is 5.96 Å². The van der Waals surface area contributed by atoms with Gasteiger partial charge in [-0.1, -0.05) is 60.7 Å². The molecule has 4 heteroatoms. The highest BCUT2D eigenvalue weighted by Gasteiger charge is 2.12. The van der Waals surface area contributed by atoms with Crippen LogP contribution in [0, 0.1) is 0 Å². The van der Waals surface area contributed by atoms with Gasteiger partial charge in [0.2, 0.25) is 0 Å². The molecule has 3 N–H and O–H groups in total. The maximum absolute atomic E-state index is 6.24. The zero-order chi connectivity index (χ0) is 19.1. The van der Waals surface area contributed by atoms with Crippen LogP contribution in [0.25, 0.3) is 33.7 Å². The Hall–Kier alpha value is -3.79. The van der Waals surface area contributed by atoms with Crippen molar-refractivity contribution in [2.75, 3.05) is 12.4 Å². The van der Waals surface area contributed by atoms with Gasteiger partial charge in [-0.25, -0.2) is 4.99 Å². The summed E-state index contributed by atoms with van der Waals surface area (Å²) in [4.78, 5) is 4.64. The predicted molar refractivity (Wildman–Crippen MR) is 118 cm³/mol. The molecule has 0 aliphatic heterocycles. The summed E-state index contributed by atoms with van der Waals surface area (Å²) >= 11 is 0. The van der Waals surface area contributed by atoms with Gasteiger partial charge < -0.3 is 15.8 Å². The standard InChI is InChI=1S/C24H19N3O/c1-28-22-14-18(13-17-5-2-3-7-19(17)22)26-24(25)27-21-12-11-16-10-9-15-6-4-8-20(21)23(15)16/h2-14H,1H3,(H3,25,26,27). The molecule has 4 aromatic rings. The van der Waals surface area contributed by atoms with Gasteiger partial charge in [0.15, 0.2) is 5.96 Å². The molecule has 4 nitrogen and oxygen atoms in total. The van der Waals surface area contributed by atoms with Crippen molar-refractivity contribution < 1.29 is 4.74 Å². The average molecular weight is 365 g/mol. The van der Waals surface area contributed by atoms with E-state index in [1.54, 1.807) is 7.11 Å². The van der Waals surface area contributed by atoms with Crippen molar-refractivity contribution in [1.82, 2.24) is 0 Å². The molecule has 0 saturated carbocycles. The molecule has 28 heavy (non-hydrogen) atoms. The van der Waals surface area contributed by atoms with Crippen molar-refractivity contribution in [3.8, 4) is 5.75 Å². The van der Waals surface area contributed by atoms with Crippen LogP contribution < -0.4 is 15.8 Å². The van der Waals surface area contributed by atoms with Gasteiger partial charge in [-0.05, 0) is 34.0 Å². The first-order chi connectivity index (χ1) is 13.7. The number of hydrogen-bond acceptors (Lipinski definition) is 2. The van der Waals surface area contributed by atoms with E-state index in [2.05, 4.69) is 40.7 Å². The number of methoxy groups -OCH3 is 1. The highest BCUT2D eigenvalue weighted by Crippen LogP contribution is 2.36. The average Bonchev–Trinajstić information content (AvgIpc) is 3.14. The normalized spacial score (nSPS) is 12.7. The van der Waals surface area contributed by atoms with E-state index >= 15 is 0 Å². The molecule has 0 bridgehead atoms. The second-order valence-corrected chi connectivity index (χ2v) is 6.80. The fourth-order valence-corrected chi connectivity index (χ4v) is 3.82. The van der Waals surface area contributed by atoms with Crippen LogP contribution in [0.5, 0.6) is 5.75 Å². The van der Waals surface area contributed by atoms with Crippen LogP contribution in [0.4, 0.5) is 11.4 Å². The van der Waals surface area contributed by atoms with E-state index in [1.807, 2.05) is 48.5 Å². The van der Waals surface area contributed by atoms with Crippen molar-refractivity contribution >= 4 is 51.0 Å². The molecule has 1 aliphatic rings. The van der Waals surface area contributed by atoms with Gasteiger partial charge in [-0.2, -0.15) is 0 Å². The van der Waals surface area contributed by atoms with E-state index in [4.69, 9.17) is 10.5 Å². The molecule has 136 valence electrons. The zero-order valence-corrected chi connectivity index (χ0v) is 15.4. The molecule has 0 atom stereocenters. The predicted octanol–water partition coefficient (Wildman–Crippen LogP) is 5.54. The van der Waals surface area contributed by atoms with E-state index in [9.17, 15) is 0 Å². The van der Waals surface area contributed by atoms with Gasteiger partial charge in [0.1, 0.15) is 5.75 Å². The molecule has 0 unspecified atom stereocenters. The summed E-state index contributed by atoms with van der Waals surface area (Å²) in [5.74, 6) is 1.13. The number of aliphatic imine (C=N–C) groups is 1. The van der Waals surface area contributed by atoms with Crippen LogP contribution >= 0.6 is 0 Å². The first kappa shape index (κ1) is 16.4.